The molecule has 5 heteroatoms. The van der Waals surface area contributed by atoms with Gasteiger partial charge in [0.05, 0.1) is 6.61 Å². The number of carbonyl (C=O) groups excluding carboxylic acids is 1. The van der Waals surface area contributed by atoms with Gasteiger partial charge in [0.2, 0.25) is 0 Å². The number of ether oxygens (including phenoxy) is 1. The first-order valence-corrected chi connectivity index (χ1v) is 5.12. The third-order valence-electron chi connectivity index (χ3n) is 1.75. The topological polar surface area (TPSA) is 71.5 Å². The minimum absolute atomic E-state index is 0.0118. The third kappa shape index (κ3) is 5.11. The Morgan fingerprint density at radius 3 is 3.12 bits per heavy atom. The maximum atomic E-state index is 11.2. The van der Waals surface area contributed by atoms with Gasteiger partial charge in [0, 0.05) is 13.5 Å². The Bertz CT molecular complexity index is 435. The molecule has 1 aromatic rings. The molecule has 0 aliphatic rings. The predicted octanol–water partition coefficient (Wildman–Crippen LogP) is 0.400. The van der Waals surface area contributed by atoms with Crippen molar-refractivity contribution in [2.24, 2.45) is 0 Å². The molecule has 0 atom stereocenters. The van der Waals surface area contributed by atoms with E-state index in [0.29, 0.717) is 17.9 Å². The highest BCUT2D eigenvalue weighted by molar-refractivity contribution is 5.90. The molecule has 17 heavy (non-hydrogen) atoms. The number of aliphatic hydroxyl groups is 1. The van der Waals surface area contributed by atoms with Crippen molar-refractivity contribution in [1.29, 1.82) is 0 Å². The normalized spacial score (nSPS) is 9.29. The van der Waals surface area contributed by atoms with Gasteiger partial charge in [-0.3, -0.25) is 4.79 Å². The number of rotatable bonds is 4. The van der Waals surface area contributed by atoms with Crippen molar-refractivity contribution in [1.82, 2.24) is 4.98 Å². The van der Waals surface area contributed by atoms with E-state index in [1.54, 1.807) is 18.2 Å². The number of carbonyl (C=O) groups is 1. The van der Waals surface area contributed by atoms with Crippen molar-refractivity contribution < 1.29 is 14.6 Å². The number of nitrogens with zero attached hydrogens (tertiary/aromatic N) is 1. The third-order valence-corrected chi connectivity index (χ3v) is 1.75. The molecule has 0 bridgehead atoms. The van der Waals surface area contributed by atoms with E-state index in [9.17, 15) is 4.79 Å². The summed E-state index contributed by atoms with van der Waals surface area (Å²) >= 11 is 0. The predicted molar refractivity (Wildman–Crippen MR) is 63.3 cm³/mol. The van der Waals surface area contributed by atoms with E-state index in [1.165, 1.54) is 7.11 Å². The molecule has 0 saturated carbocycles. The lowest BCUT2D eigenvalue weighted by Gasteiger charge is -2.03. The largest absolute Gasteiger partial charge is 0.395 e. The van der Waals surface area contributed by atoms with Crippen LogP contribution >= 0.6 is 0 Å². The molecule has 1 rings (SSSR count). The van der Waals surface area contributed by atoms with Gasteiger partial charge in [-0.2, -0.15) is 0 Å². The number of nitrogens with one attached hydrogen (secondary N) is 1. The fourth-order valence-electron chi connectivity index (χ4n) is 1.09. The summed E-state index contributed by atoms with van der Waals surface area (Å²) in [4.78, 5) is 15.4. The minimum atomic E-state index is -0.263. The zero-order valence-corrected chi connectivity index (χ0v) is 9.56. The van der Waals surface area contributed by atoms with Crippen molar-refractivity contribution in [2.75, 3.05) is 25.6 Å². The molecule has 1 amide bonds. The molecule has 0 aliphatic heterocycles. The number of amides is 1. The highest BCUT2D eigenvalue weighted by Gasteiger charge is 2.02. The fourth-order valence-corrected chi connectivity index (χ4v) is 1.09. The minimum Gasteiger partial charge on any atom is -0.395 e. The van der Waals surface area contributed by atoms with Crippen LogP contribution in [0.1, 0.15) is 12.1 Å². The number of aliphatic hydroxyl groups excluding tert-OH is 1. The van der Waals surface area contributed by atoms with Crippen LogP contribution in [0.25, 0.3) is 0 Å². The lowest BCUT2D eigenvalue weighted by atomic mass is 10.3. The summed E-state index contributed by atoms with van der Waals surface area (Å²) in [5.74, 6) is 5.71. The Morgan fingerprint density at radius 1 is 1.59 bits per heavy atom. The lowest BCUT2D eigenvalue weighted by Crippen LogP contribution is -2.17. The maximum absolute atomic E-state index is 11.2. The Labute approximate surface area is 99.8 Å². The number of hydrogen-bond acceptors (Lipinski definition) is 4. The van der Waals surface area contributed by atoms with E-state index < -0.39 is 0 Å². The molecular weight excluding hydrogens is 220 g/mol. The van der Waals surface area contributed by atoms with E-state index in [0.717, 1.165) is 0 Å². The summed E-state index contributed by atoms with van der Waals surface area (Å²) in [6.07, 6.45) is 0.405. The van der Waals surface area contributed by atoms with E-state index in [1.807, 2.05) is 0 Å². The van der Waals surface area contributed by atoms with Gasteiger partial charge in [-0.1, -0.05) is 12.0 Å². The average molecular weight is 234 g/mol. The SMILES string of the molecule is COCC(=O)Nc1cccc(C#CCCO)n1. The van der Waals surface area contributed by atoms with E-state index in [2.05, 4.69) is 26.9 Å². The molecule has 0 radical (unpaired) electrons. The van der Waals surface area contributed by atoms with Crippen LogP contribution in [0.5, 0.6) is 0 Å². The van der Waals surface area contributed by atoms with Crippen LogP contribution in [0.2, 0.25) is 0 Å². The molecule has 0 saturated heterocycles. The van der Waals surface area contributed by atoms with Crippen LogP contribution in [0.15, 0.2) is 18.2 Å². The smallest absolute Gasteiger partial charge is 0.251 e. The van der Waals surface area contributed by atoms with Crippen molar-refractivity contribution in [3.8, 4) is 11.8 Å². The number of methoxy groups -OCH3 is 1. The van der Waals surface area contributed by atoms with Gasteiger partial charge in [0.1, 0.15) is 18.1 Å². The lowest BCUT2D eigenvalue weighted by molar-refractivity contribution is -0.119. The summed E-state index contributed by atoms with van der Waals surface area (Å²) in [5, 5.41) is 11.2. The second-order valence-corrected chi connectivity index (χ2v) is 3.16. The molecule has 1 aromatic heterocycles. The van der Waals surface area contributed by atoms with Crippen LogP contribution < -0.4 is 5.32 Å². The first-order chi connectivity index (χ1) is 8.26. The summed E-state index contributed by atoms with van der Waals surface area (Å²) < 4.78 is 4.69. The van der Waals surface area contributed by atoms with Gasteiger partial charge in [-0.05, 0) is 18.1 Å². The highest BCUT2D eigenvalue weighted by atomic mass is 16.5. The Balaban J connectivity index is 2.66. The van der Waals surface area contributed by atoms with Crippen LogP contribution in [0.3, 0.4) is 0 Å². The molecule has 0 fully saturated rings. The first kappa shape index (κ1) is 13.2. The summed E-state index contributed by atoms with van der Waals surface area (Å²) in [6.45, 7) is 0.0133. The van der Waals surface area contributed by atoms with Gasteiger partial charge in [-0.15, -0.1) is 0 Å². The monoisotopic (exact) mass is 234 g/mol. The molecule has 90 valence electrons. The van der Waals surface area contributed by atoms with E-state index >= 15 is 0 Å². The van der Waals surface area contributed by atoms with Crippen LogP contribution in [-0.2, 0) is 9.53 Å². The van der Waals surface area contributed by atoms with E-state index in [4.69, 9.17) is 5.11 Å². The van der Waals surface area contributed by atoms with Gasteiger partial charge >= 0.3 is 0 Å². The Hall–Kier alpha value is -1.90. The van der Waals surface area contributed by atoms with Crippen molar-refractivity contribution in [3.63, 3.8) is 0 Å². The highest BCUT2D eigenvalue weighted by Crippen LogP contribution is 2.03. The van der Waals surface area contributed by atoms with Gasteiger partial charge in [0.15, 0.2) is 0 Å². The zero-order valence-electron chi connectivity index (χ0n) is 9.56. The first-order valence-electron chi connectivity index (χ1n) is 5.12. The van der Waals surface area contributed by atoms with E-state index in [-0.39, 0.29) is 19.1 Å². The molecule has 1 heterocycles. The molecule has 0 unspecified atom stereocenters. The van der Waals surface area contributed by atoms with Gasteiger partial charge in [-0.25, -0.2) is 4.98 Å². The van der Waals surface area contributed by atoms with Crippen LogP contribution in [-0.4, -0.2) is 36.3 Å². The van der Waals surface area contributed by atoms with Gasteiger partial charge < -0.3 is 15.2 Å². The van der Waals surface area contributed by atoms with Crippen molar-refractivity contribution in [3.05, 3.63) is 23.9 Å². The zero-order chi connectivity index (χ0) is 12.5. The summed E-state index contributed by atoms with van der Waals surface area (Å²) in [5.41, 5.74) is 0.550. The van der Waals surface area contributed by atoms with Crippen LogP contribution in [0.4, 0.5) is 5.82 Å². The molecule has 2 N–H and O–H groups in total. The molecule has 0 spiro atoms. The van der Waals surface area contributed by atoms with Crippen LogP contribution in [0, 0.1) is 11.8 Å². The van der Waals surface area contributed by atoms with Gasteiger partial charge in [0.25, 0.3) is 5.91 Å². The molecule has 5 nitrogen and oxygen atoms in total. The summed E-state index contributed by atoms with van der Waals surface area (Å²) in [6, 6.07) is 5.15. The number of aromatic nitrogens is 1. The molecule has 0 aromatic carbocycles. The Kier molecular flexibility index (Phi) is 5.72. The second kappa shape index (κ2) is 7.39. The second-order valence-electron chi connectivity index (χ2n) is 3.16. The number of anilines is 1. The average Bonchev–Trinajstić information content (AvgIpc) is 2.30. The quantitative estimate of drug-likeness (QED) is 0.740. The Morgan fingerprint density at radius 2 is 2.41 bits per heavy atom. The fraction of sp³-hybridized carbons (Fsp3) is 0.333. The molecular formula is C12H14N2O3. The number of pyridine rings is 1. The van der Waals surface area contributed by atoms with Crippen molar-refractivity contribution >= 4 is 11.7 Å². The van der Waals surface area contributed by atoms with Crippen molar-refractivity contribution in [2.45, 2.75) is 6.42 Å². The number of hydrogen-bond donors (Lipinski definition) is 2. The maximum Gasteiger partial charge on any atom is 0.251 e. The molecule has 0 aliphatic carbocycles. The summed E-state index contributed by atoms with van der Waals surface area (Å²) in [7, 11) is 1.45. The standard InChI is InChI=1S/C12H14N2O3/c1-17-9-12(16)14-11-7-4-6-10(13-11)5-2-3-8-15/h4,6-7,15H,3,8-9H2,1H3,(H,13,14,16).